The standard InChI is InChI=1S/C18H22N2O3/c1-11-8-14(19)4-5-15(11)16-6-7-17(23-16)18(21)20-9-12(2)22-13(3)10-20/h4-8,12-13H,9-10,19H2,1-3H3/t12-,13-/m0/s1. The highest BCUT2D eigenvalue weighted by atomic mass is 16.5. The van der Waals surface area contributed by atoms with Crippen molar-refractivity contribution in [3.63, 3.8) is 0 Å². The molecule has 2 heterocycles. The second kappa shape index (κ2) is 6.08. The number of amides is 1. The molecule has 5 nitrogen and oxygen atoms in total. The molecule has 122 valence electrons. The second-order valence-corrected chi connectivity index (χ2v) is 6.21. The number of nitrogens with two attached hydrogens (primary N) is 1. The number of hydrogen-bond acceptors (Lipinski definition) is 4. The molecule has 1 aliphatic rings. The molecule has 5 heteroatoms. The van der Waals surface area contributed by atoms with Crippen LogP contribution in [0.3, 0.4) is 0 Å². The number of morpholine rings is 1. The highest BCUT2D eigenvalue weighted by Crippen LogP contribution is 2.27. The van der Waals surface area contributed by atoms with E-state index < -0.39 is 0 Å². The average molecular weight is 314 g/mol. The van der Waals surface area contributed by atoms with Gasteiger partial charge in [0.2, 0.25) is 0 Å². The fourth-order valence-electron chi connectivity index (χ4n) is 3.06. The lowest BCUT2D eigenvalue weighted by Crippen LogP contribution is -2.48. The molecular weight excluding hydrogens is 292 g/mol. The normalized spacial score (nSPS) is 21.4. The Kier molecular flexibility index (Phi) is 4.13. The number of carbonyl (C=O) groups is 1. The molecule has 1 amide bonds. The van der Waals surface area contributed by atoms with Crippen LogP contribution in [0.2, 0.25) is 0 Å². The topological polar surface area (TPSA) is 68.7 Å². The number of aryl methyl sites for hydroxylation is 1. The van der Waals surface area contributed by atoms with Gasteiger partial charge in [-0.25, -0.2) is 0 Å². The molecule has 1 aromatic heterocycles. The SMILES string of the molecule is Cc1cc(N)ccc1-c1ccc(C(=O)N2C[C@H](C)O[C@@H](C)C2)o1. The Morgan fingerprint density at radius 2 is 1.87 bits per heavy atom. The van der Waals surface area contributed by atoms with E-state index in [9.17, 15) is 4.79 Å². The second-order valence-electron chi connectivity index (χ2n) is 6.21. The van der Waals surface area contributed by atoms with Crippen LogP contribution in [0.4, 0.5) is 5.69 Å². The van der Waals surface area contributed by atoms with E-state index in [1.807, 2.05) is 45.0 Å². The predicted octanol–water partition coefficient (Wildman–Crippen LogP) is 3.09. The first kappa shape index (κ1) is 15.6. The smallest absolute Gasteiger partial charge is 0.289 e. The number of benzene rings is 1. The first-order valence-electron chi connectivity index (χ1n) is 7.85. The van der Waals surface area contributed by atoms with Crippen LogP contribution in [0, 0.1) is 6.92 Å². The molecule has 3 rings (SSSR count). The van der Waals surface area contributed by atoms with Crippen molar-refractivity contribution < 1.29 is 13.9 Å². The molecule has 23 heavy (non-hydrogen) atoms. The molecule has 0 spiro atoms. The van der Waals surface area contributed by atoms with E-state index in [0.717, 1.165) is 11.1 Å². The van der Waals surface area contributed by atoms with Crippen molar-refractivity contribution in [1.29, 1.82) is 0 Å². The average Bonchev–Trinajstić information content (AvgIpc) is 2.95. The molecule has 2 N–H and O–H groups in total. The largest absolute Gasteiger partial charge is 0.451 e. The zero-order valence-electron chi connectivity index (χ0n) is 13.7. The van der Waals surface area contributed by atoms with E-state index in [4.69, 9.17) is 14.9 Å². The highest BCUT2D eigenvalue weighted by molar-refractivity contribution is 5.92. The van der Waals surface area contributed by atoms with E-state index in [1.165, 1.54) is 0 Å². The van der Waals surface area contributed by atoms with Gasteiger partial charge >= 0.3 is 0 Å². The quantitative estimate of drug-likeness (QED) is 0.865. The summed E-state index contributed by atoms with van der Waals surface area (Å²) in [6, 6.07) is 9.20. The van der Waals surface area contributed by atoms with Crippen molar-refractivity contribution in [2.75, 3.05) is 18.8 Å². The fourth-order valence-corrected chi connectivity index (χ4v) is 3.06. The molecule has 0 saturated carbocycles. The number of nitrogen functional groups attached to an aromatic ring is 1. The third-order valence-electron chi connectivity index (χ3n) is 4.04. The lowest BCUT2D eigenvalue weighted by molar-refractivity contribution is -0.0592. The number of anilines is 1. The summed E-state index contributed by atoms with van der Waals surface area (Å²) >= 11 is 0. The minimum absolute atomic E-state index is 0.0384. The number of nitrogens with zero attached hydrogens (tertiary/aromatic N) is 1. The van der Waals surface area contributed by atoms with Crippen LogP contribution >= 0.6 is 0 Å². The maximum absolute atomic E-state index is 12.6. The van der Waals surface area contributed by atoms with Crippen LogP contribution in [-0.2, 0) is 4.74 Å². The molecule has 1 aliphatic heterocycles. The van der Waals surface area contributed by atoms with Gasteiger partial charge in [-0.15, -0.1) is 0 Å². The predicted molar refractivity (Wildman–Crippen MR) is 89.2 cm³/mol. The van der Waals surface area contributed by atoms with Crippen molar-refractivity contribution in [2.45, 2.75) is 33.0 Å². The minimum atomic E-state index is -0.0913. The number of carbonyl (C=O) groups excluding carboxylic acids is 1. The van der Waals surface area contributed by atoms with Gasteiger partial charge < -0.3 is 19.8 Å². The minimum Gasteiger partial charge on any atom is -0.451 e. The van der Waals surface area contributed by atoms with Crippen molar-refractivity contribution in [3.05, 3.63) is 41.7 Å². The zero-order chi connectivity index (χ0) is 16.6. The third kappa shape index (κ3) is 3.24. The molecule has 2 aromatic rings. The molecule has 0 bridgehead atoms. The zero-order valence-corrected chi connectivity index (χ0v) is 13.7. The van der Waals surface area contributed by atoms with Gasteiger partial charge in [-0.2, -0.15) is 0 Å². The molecule has 1 saturated heterocycles. The van der Waals surface area contributed by atoms with Crippen LogP contribution in [-0.4, -0.2) is 36.1 Å². The Labute approximate surface area is 136 Å². The molecule has 1 aromatic carbocycles. The summed E-state index contributed by atoms with van der Waals surface area (Å²) in [4.78, 5) is 14.4. The number of rotatable bonds is 2. The van der Waals surface area contributed by atoms with Crippen LogP contribution in [0.25, 0.3) is 11.3 Å². The lowest BCUT2D eigenvalue weighted by Gasteiger charge is -2.34. The van der Waals surface area contributed by atoms with Crippen molar-refractivity contribution in [1.82, 2.24) is 4.90 Å². The third-order valence-corrected chi connectivity index (χ3v) is 4.04. The summed E-state index contributed by atoms with van der Waals surface area (Å²) in [5, 5.41) is 0. The Bertz CT molecular complexity index is 713. The van der Waals surface area contributed by atoms with Crippen LogP contribution in [0.1, 0.15) is 30.0 Å². The van der Waals surface area contributed by atoms with E-state index in [1.54, 1.807) is 11.0 Å². The Balaban J connectivity index is 1.82. The lowest BCUT2D eigenvalue weighted by atomic mass is 10.1. The van der Waals surface area contributed by atoms with Crippen molar-refractivity contribution in [3.8, 4) is 11.3 Å². The van der Waals surface area contributed by atoms with Crippen LogP contribution in [0.15, 0.2) is 34.7 Å². The van der Waals surface area contributed by atoms with E-state index in [-0.39, 0.29) is 18.1 Å². The summed E-state index contributed by atoms with van der Waals surface area (Å²) in [6.45, 7) is 7.09. The molecular formula is C18H22N2O3. The van der Waals surface area contributed by atoms with Gasteiger partial charge in [0.05, 0.1) is 12.2 Å². The summed E-state index contributed by atoms with van der Waals surface area (Å²) in [5.74, 6) is 0.948. The highest BCUT2D eigenvalue weighted by Gasteiger charge is 2.28. The van der Waals surface area contributed by atoms with Gasteiger partial charge in [0.1, 0.15) is 5.76 Å². The maximum atomic E-state index is 12.6. The fraction of sp³-hybridized carbons (Fsp3) is 0.389. The van der Waals surface area contributed by atoms with Gasteiger partial charge in [-0.1, -0.05) is 0 Å². The van der Waals surface area contributed by atoms with E-state index in [2.05, 4.69) is 0 Å². The number of ether oxygens (including phenoxy) is 1. The Morgan fingerprint density at radius 3 is 2.52 bits per heavy atom. The van der Waals surface area contributed by atoms with Crippen LogP contribution < -0.4 is 5.73 Å². The van der Waals surface area contributed by atoms with E-state index >= 15 is 0 Å². The Morgan fingerprint density at radius 1 is 1.17 bits per heavy atom. The van der Waals surface area contributed by atoms with E-state index in [0.29, 0.717) is 30.3 Å². The first-order chi connectivity index (χ1) is 10.9. The molecule has 0 radical (unpaired) electrons. The van der Waals surface area contributed by atoms with Crippen LogP contribution in [0.5, 0.6) is 0 Å². The summed E-state index contributed by atoms with van der Waals surface area (Å²) < 4.78 is 11.5. The summed E-state index contributed by atoms with van der Waals surface area (Å²) in [6.07, 6.45) is 0.0768. The number of hydrogen-bond donors (Lipinski definition) is 1. The van der Waals surface area contributed by atoms with Gasteiger partial charge in [0, 0.05) is 24.3 Å². The molecule has 1 fully saturated rings. The van der Waals surface area contributed by atoms with Crippen molar-refractivity contribution in [2.24, 2.45) is 0 Å². The summed E-state index contributed by atoms with van der Waals surface area (Å²) in [7, 11) is 0. The maximum Gasteiger partial charge on any atom is 0.289 e. The molecule has 0 aliphatic carbocycles. The Hall–Kier alpha value is -2.27. The molecule has 0 unspecified atom stereocenters. The van der Waals surface area contributed by atoms with Gasteiger partial charge in [0.25, 0.3) is 5.91 Å². The summed E-state index contributed by atoms with van der Waals surface area (Å²) in [5.41, 5.74) is 8.46. The number of furan rings is 1. The van der Waals surface area contributed by atoms with Gasteiger partial charge in [-0.05, 0) is 56.7 Å². The monoisotopic (exact) mass is 314 g/mol. The van der Waals surface area contributed by atoms with Crippen molar-refractivity contribution >= 4 is 11.6 Å². The molecule has 2 atom stereocenters. The van der Waals surface area contributed by atoms with Gasteiger partial charge in [-0.3, -0.25) is 4.79 Å². The van der Waals surface area contributed by atoms with Gasteiger partial charge in [0.15, 0.2) is 5.76 Å². The first-order valence-corrected chi connectivity index (χ1v) is 7.85.